The van der Waals surface area contributed by atoms with Crippen LogP contribution in [0, 0.1) is 0 Å². The predicted molar refractivity (Wildman–Crippen MR) is 140 cm³/mol. The minimum absolute atomic E-state index is 0.178. The first-order valence-electron chi connectivity index (χ1n) is 12.4. The lowest BCUT2D eigenvalue weighted by Crippen LogP contribution is -2.18. The summed E-state index contributed by atoms with van der Waals surface area (Å²) in [6.45, 7) is 2.16. The summed E-state index contributed by atoms with van der Waals surface area (Å²) in [4.78, 5) is 23.8. The number of carbonyl (C=O) groups is 2. The number of hydrogen-bond donors (Lipinski definition) is 0. The van der Waals surface area contributed by atoms with Gasteiger partial charge in [-0.05, 0) is 56.7 Å². The third-order valence-corrected chi connectivity index (χ3v) is 5.48. The van der Waals surface area contributed by atoms with E-state index in [-0.39, 0.29) is 12.4 Å². The van der Waals surface area contributed by atoms with Gasteiger partial charge in [0.1, 0.15) is 6.10 Å². The first kappa shape index (κ1) is 28.1. The van der Waals surface area contributed by atoms with Crippen molar-refractivity contribution in [2.75, 3.05) is 7.11 Å². The highest BCUT2D eigenvalue weighted by Crippen LogP contribution is 2.28. The Bertz CT molecular complexity index is 895. The van der Waals surface area contributed by atoms with Crippen molar-refractivity contribution >= 4 is 11.9 Å². The summed E-state index contributed by atoms with van der Waals surface area (Å²) in [5, 5.41) is 0. The van der Waals surface area contributed by atoms with Crippen molar-refractivity contribution < 1.29 is 23.8 Å². The van der Waals surface area contributed by atoms with E-state index in [4.69, 9.17) is 14.2 Å². The molecule has 0 aromatic heterocycles. The van der Waals surface area contributed by atoms with Crippen molar-refractivity contribution in [2.45, 2.75) is 70.2 Å². The third kappa shape index (κ3) is 12.7. The lowest BCUT2D eigenvalue weighted by Gasteiger charge is -2.13. The minimum Gasteiger partial charge on any atom is -0.469 e. The molecule has 0 saturated carbocycles. The summed E-state index contributed by atoms with van der Waals surface area (Å²) < 4.78 is 15.8. The van der Waals surface area contributed by atoms with E-state index < -0.39 is 12.1 Å². The molecular weight excluding hydrogens is 440 g/mol. The second-order valence-corrected chi connectivity index (χ2v) is 8.22. The van der Waals surface area contributed by atoms with Crippen LogP contribution in [0.5, 0.6) is 0 Å². The second-order valence-electron chi connectivity index (χ2n) is 8.22. The van der Waals surface area contributed by atoms with Crippen LogP contribution in [0.2, 0.25) is 0 Å². The average Bonchev–Trinajstić information content (AvgIpc) is 3.65. The third-order valence-electron chi connectivity index (χ3n) is 5.48. The Balaban J connectivity index is 1.65. The van der Waals surface area contributed by atoms with E-state index in [2.05, 4.69) is 43.4 Å². The van der Waals surface area contributed by atoms with Crippen LogP contribution < -0.4 is 0 Å². The van der Waals surface area contributed by atoms with Crippen LogP contribution in [0.15, 0.2) is 91.1 Å². The molecule has 3 unspecified atom stereocenters. The Kier molecular flexibility index (Phi) is 13.9. The number of ether oxygens (including phenoxy) is 3. The van der Waals surface area contributed by atoms with E-state index in [9.17, 15) is 9.59 Å². The molecule has 2 rings (SSSR count). The number of epoxide rings is 1. The molecule has 0 aliphatic carbocycles. The van der Waals surface area contributed by atoms with Crippen molar-refractivity contribution in [3.05, 3.63) is 96.7 Å². The van der Waals surface area contributed by atoms with Crippen molar-refractivity contribution in [1.29, 1.82) is 0 Å². The van der Waals surface area contributed by atoms with Gasteiger partial charge in [0.2, 0.25) is 0 Å². The second kappa shape index (κ2) is 17.3. The van der Waals surface area contributed by atoms with Gasteiger partial charge >= 0.3 is 11.9 Å². The molecule has 1 fully saturated rings. The van der Waals surface area contributed by atoms with Gasteiger partial charge in [-0.25, -0.2) is 4.79 Å². The molecule has 1 aliphatic heterocycles. The molecule has 0 spiro atoms. The van der Waals surface area contributed by atoms with Gasteiger partial charge < -0.3 is 14.2 Å². The number of benzene rings is 1. The van der Waals surface area contributed by atoms with Gasteiger partial charge in [-0.3, -0.25) is 4.79 Å². The monoisotopic (exact) mass is 478 g/mol. The summed E-state index contributed by atoms with van der Waals surface area (Å²) in [7, 11) is 1.35. The molecule has 1 aliphatic rings. The SMILES string of the molecule is CCC1OC1C/C=C\C/C=C\C/C=C\C/C=C\C=C\C(CCC(=O)OC)OC(=O)c1ccccc1. The summed E-state index contributed by atoms with van der Waals surface area (Å²) >= 11 is 0. The maximum atomic E-state index is 12.3. The van der Waals surface area contributed by atoms with Gasteiger partial charge in [0.05, 0.1) is 24.9 Å². The normalized spacial score (nSPS) is 18.8. The summed E-state index contributed by atoms with van der Waals surface area (Å²) in [6.07, 6.45) is 26.3. The molecule has 0 N–H and O–H groups in total. The van der Waals surface area contributed by atoms with Gasteiger partial charge in [-0.1, -0.05) is 79.8 Å². The highest BCUT2D eigenvalue weighted by atomic mass is 16.6. The van der Waals surface area contributed by atoms with Crippen LogP contribution in [0.1, 0.15) is 62.2 Å². The maximum Gasteiger partial charge on any atom is 0.338 e. The lowest BCUT2D eigenvalue weighted by atomic mass is 10.1. The zero-order valence-corrected chi connectivity index (χ0v) is 20.9. The maximum absolute atomic E-state index is 12.3. The van der Waals surface area contributed by atoms with Crippen LogP contribution in [0.3, 0.4) is 0 Å². The Morgan fingerprint density at radius 2 is 1.57 bits per heavy atom. The summed E-state index contributed by atoms with van der Waals surface area (Å²) in [5.74, 6) is -0.745. The fraction of sp³-hybridized carbons (Fsp3) is 0.400. The number of rotatable bonds is 16. The van der Waals surface area contributed by atoms with Gasteiger partial charge in [-0.15, -0.1) is 0 Å². The zero-order valence-electron chi connectivity index (χ0n) is 20.9. The molecule has 1 heterocycles. The number of esters is 2. The van der Waals surface area contributed by atoms with E-state index in [1.165, 1.54) is 7.11 Å². The Morgan fingerprint density at radius 1 is 0.914 bits per heavy atom. The van der Waals surface area contributed by atoms with Gasteiger partial charge in [0.15, 0.2) is 0 Å². The van der Waals surface area contributed by atoms with Crippen LogP contribution in [0.25, 0.3) is 0 Å². The molecule has 0 bridgehead atoms. The largest absolute Gasteiger partial charge is 0.469 e. The molecule has 1 aromatic carbocycles. The molecule has 5 heteroatoms. The number of carbonyl (C=O) groups excluding carboxylic acids is 2. The van der Waals surface area contributed by atoms with Crippen molar-refractivity contribution in [2.24, 2.45) is 0 Å². The van der Waals surface area contributed by atoms with E-state index in [1.54, 1.807) is 30.3 Å². The van der Waals surface area contributed by atoms with E-state index >= 15 is 0 Å². The van der Waals surface area contributed by atoms with Crippen LogP contribution in [-0.4, -0.2) is 37.4 Å². The average molecular weight is 479 g/mol. The van der Waals surface area contributed by atoms with Gasteiger partial charge in [-0.2, -0.15) is 0 Å². The Labute approximate surface area is 209 Å². The topological polar surface area (TPSA) is 65.1 Å². The fourth-order valence-corrected chi connectivity index (χ4v) is 3.37. The number of hydrogen-bond acceptors (Lipinski definition) is 5. The lowest BCUT2D eigenvalue weighted by molar-refractivity contribution is -0.141. The van der Waals surface area contributed by atoms with Crippen molar-refractivity contribution in [3.63, 3.8) is 0 Å². The smallest absolute Gasteiger partial charge is 0.338 e. The minimum atomic E-state index is -0.508. The van der Waals surface area contributed by atoms with Crippen LogP contribution >= 0.6 is 0 Å². The fourth-order valence-electron chi connectivity index (χ4n) is 3.37. The number of methoxy groups -OCH3 is 1. The van der Waals surface area contributed by atoms with E-state index in [0.29, 0.717) is 24.2 Å². The van der Waals surface area contributed by atoms with Crippen LogP contribution in [0.4, 0.5) is 0 Å². The standard InChI is InChI=1S/C30H38O5/c1-3-27-28(35-27)22-18-13-11-9-7-5-4-6-8-10-12-17-21-26(23-24-29(31)33-2)34-30(32)25-19-15-14-16-20-25/h4,6-7,9-10,12-21,26-28H,3,5,8,11,22-24H2,1-2H3/b6-4-,9-7-,12-10-,18-13-,21-17+. The number of allylic oxidation sites excluding steroid dienone is 8. The molecule has 5 nitrogen and oxygen atoms in total. The Morgan fingerprint density at radius 3 is 2.20 bits per heavy atom. The summed E-state index contributed by atoms with van der Waals surface area (Å²) in [6, 6.07) is 8.81. The molecule has 0 amide bonds. The summed E-state index contributed by atoms with van der Waals surface area (Å²) in [5.41, 5.74) is 0.479. The molecule has 1 aromatic rings. The molecule has 0 radical (unpaired) electrons. The molecule has 1 saturated heterocycles. The molecule has 188 valence electrons. The highest BCUT2D eigenvalue weighted by Gasteiger charge is 2.35. The first-order chi connectivity index (χ1) is 17.1. The molecule has 35 heavy (non-hydrogen) atoms. The first-order valence-corrected chi connectivity index (χ1v) is 12.4. The van der Waals surface area contributed by atoms with E-state index in [1.807, 2.05) is 24.3 Å². The quantitative estimate of drug-likeness (QED) is 0.115. The van der Waals surface area contributed by atoms with Crippen LogP contribution in [-0.2, 0) is 19.0 Å². The van der Waals surface area contributed by atoms with E-state index in [0.717, 1.165) is 32.1 Å². The zero-order chi connectivity index (χ0) is 25.1. The molecular formula is C30H38O5. The van der Waals surface area contributed by atoms with Crippen molar-refractivity contribution in [3.8, 4) is 0 Å². The van der Waals surface area contributed by atoms with Gasteiger partial charge in [0, 0.05) is 6.42 Å². The molecule has 3 atom stereocenters. The predicted octanol–water partition coefficient (Wildman–Crippen LogP) is 6.68. The Hall–Kier alpha value is -3.18. The highest BCUT2D eigenvalue weighted by molar-refractivity contribution is 5.89. The van der Waals surface area contributed by atoms with Gasteiger partial charge in [0.25, 0.3) is 0 Å². The van der Waals surface area contributed by atoms with Crippen molar-refractivity contribution in [1.82, 2.24) is 0 Å².